The number of unbranched alkanes of at least 4 members (excludes halogenated alkanes) is 1. The number of hydrogen-bond acceptors (Lipinski definition) is 3. The molecule has 0 unspecified atom stereocenters. The predicted molar refractivity (Wildman–Crippen MR) is 74.4 cm³/mol. The van der Waals surface area contributed by atoms with Gasteiger partial charge in [0, 0.05) is 10.6 Å². The lowest BCUT2D eigenvalue weighted by molar-refractivity contribution is 0.102. The van der Waals surface area contributed by atoms with Crippen molar-refractivity contribution in [3.63, 3.8) is 0 Å². The first-order chi connectivity index (χ1) is 8.35. The molecule has 3 nitrogen and oxygen atoms in total. The van der Waals surface area contributed by atoms with Crippen LogP contribution in [0.5, 0.6) is 0 Å². The van der Waals surface area contributed by atoms with Crippen molar-refractivity contribution in [3.8, 4) is 0 Å². The molecule has 18 heavy (non-hydrogen) atoms. The number of sulfone groups is 1. The Kier molecular flexibility index (Phi) is 5.63. The first kappa shape index (κ1) is 15.5. The Balaban J connectivity index is 2.86. The van der Waals surface area contributed by atoms with E-state index in [9.17, 15) is 13.2 Å². The molecule has 0 saturated heterocycles. The molecular formula is C12H14Cl2O3S. The van der Waals surface area contributed by atoms with Crippen molar-refractivity contribution < 1.29 is 13.2 Å². The topological polar surface area (TPSA) is 51.2 Å². The van der Waals surface area contributed by atoms with Crippen molar-refractivity contribution in [2.24, 2.45) is 0 Å². The van der Waals surface area contributed by atoms with E-state index in [0.717, 1.165) is 6.42 Å². The molecule has 0 bridgehead atoms. The van der Waals surface area contributed by atoms with E-state index in [4.69, 9.17) is 23.2 Å². The second-order valence-electron chi connectivity index (χ2n) is 3.99. The van der Waals surface area contributed by atoms with Crippen LogP contribution in [0.4, 0.5) is 0 Å². The Morgan fingerprint density at radius 2 is 1.94 bits per heavy atom. The van der Waals surface area contributed by atoms with E-state index < -0.39 is 21.4 Å². The molecule has 0 spiro atoms. The number of rotatable bonds is 6. The third-order valence-corrected chi connectivity index (χ3v) is 4.57. The second kappa shape index (κ2) is 6.55. The minimum absolute atomic E-state index is 0.0213. The van der Waals surface area contributed by atoms with Gasteiger partial charge in [0.15, 0.2) is 15.6 Å². The molecule has 100 valence electrons. The van der Waals surface area contributed by atoms with E-state index in [0.29, 0.717) is 11.4 Å². The molecule has 0 saturated carbocycles. The van der Waals surface area contributed by atoms with Gasteiger partial charge in [-0.1, -0.05) is 36.5 Å². The van der Waals surface area contributed by atoms with Gasteiger partial charge in [-0.3, -0.25) is 4.79 Å². The van der Waals surface area contributed by atoms with Crippen molar-refractivity contribution in [2.75, 3.05) is 11.5 Å². The number of ketones is 1. The van der Waals surface area contributed by atoms with Crippen molar-refractivity contribution in [3.05, 3.63) is 33.8 Å². The highest BCUT2D eigenvalue weighted by molar-refractivity contribution is 7.92. The summed E-state index contributed by atoms with van der Waals surface area (Å²) >= 11 is 11.6. The van der Waals surface area contributed by atoms with Crippen molar-refractivity contribution >= 4 is 38.8 Å². The van der Waals surface area contributed by atoms with Crippen molar-refractivity contribution in [2.45, 2.75) is 19.8 Å². The normalized spacial score (nSPS) is 11.5. The largest absolute Gasteiger partial charge is 0.293 e. The number of carbonyl (C=O) groups is 1. The van der Waals surface area contributed by atoms with Gasteiger partial charge >= 0.3 is 0 Å². The fraction of sp³-hybridized carbons (Fsp3) is 0.417. The molecule has 1 aromatic carbocycles. The lowest BCUT2D eigenvalue weighted by atomic mass is 10.1. The lowest BCUT2D eigenvalue weighted by Gasteiger charge is -2.05. The first-order valence-corrected chi connectivity index (χ1v) is 8.12. The average Bonchev–Trinajstić information content (AvgIpc) is 2.29. The summed E-state index contributed by atoms with van der Waals surface area (Å²) in [7, 11) is -3.37. The van der Waals surface area contributed by atoms with Crippen LogP contribution in [0, 0.1) is 0 Å². The van der Waals surface area contributed by atoms with Gasteiger partial charge in [-0.05, 0) is 24.6 Å². The summed E-state index contributed by atoms with van der Waals surface area (Å²) in [5.41, 5.74) is 0.157. The first-order valence-electron chi connectivity index (χ1n) is 5.54. The monoisotopic (exact) mass is 308 g/mol. The van der Waals surface area contributed by atoms with Gasteiger partial charge in [0.1, 0.15) is 5.75 Å². The van der Waals surface area contributed by atoms with E-state index in [1.807, 2.05) is 6.92 Å². The smallest absolute Gasteiger partial charge is 0.179 e. The van der Waals surface area contributed by atoms with Crippen LogP contribution in [-0.4, -0.2) is 25.7 Å². The summed E-state index contributed by atoms with van der Waals surface area (Å²) in [6.07, 6.45) is 1.32. The van der Waals surface area contributed by atoms with E-state index >= 15 is 0 Å². The van der Waals surface area contributed by atoms with Gasteiger partial charge in [0.25, 0.3) is 0 Å². The molecular weight excluding hydrogens is 295 g/mol. The third-order valence-electron chi connectivity index (χ3n) is 2.39. The van der Waals surface area contributed by atoms with Gasteiger partial charge in [0.2, 0.25) is 0 Å². The summed E-state index contributed by atoms with van der Waals surface area (Å²) in [5, 5.41) is 0.573. The molecule has 0 heterocycles. The predicted octanol–water partition coefficient (Wildman–Crippen LogP) is 3.39. The molecule has 6 heteroatoms. The molecule has 0 fully saturated rings. The Morgan fingerprint density at radius 1 is 1.28 bits per heavy atom. The van der Waals surface area contributed by atoms with Crippen molar-refractivity contribution in [1.29, 1.82) is 0 Å². The molecule has 0 aliphatic rings. The lowest BCUT2D eigenvalue weighted by Crippen LogP contribution is -2.19. The van der Waals surface area contributed by atoms with Crippen LogP contribution in [-0.2, 0) is 9.84 Å². The summed E-state index contributed by atoms with van der Waals surface area (Å²) in [6, 6.07) is 4.42. The third kappa shape index (κ3) is 4.59. The van der Waals surface area contributed by atoms with E-state index in [2.05, 4.69) is 0 Å². The highest BCUT2D eigenvalue weighted by atomic mass is 35.5. The minimum Gasteiger partial charge on any atom is -0.293 e. The van der Waals surface area contributed by atoms with E-state index in [1.165, 1.54) is 12.1 Å². The fourth-order valence-corrected chi connectivity index (χ4v) is 3.25. The van der Waals surface area contributed by atoms with E-state index in [1.54, 1.807) is 6.07 Å². The van der Waals surface area contributed by atoms with Crippen LogP contribution in [0.15, 0.2) is 18.2 Å². The number of halogens is 2. The zero-order chi connectivity index (χ0) is 13.8. The van der Waals surface area contributed by atoms with Crippen LogP contribution in [0.25, 0.3) is 0 Å². The number of hydrogen-bond donors (Lipinski definition) is 0. The van der Waals surface area contributed by atoms with Crippen LogP contribution in [0.1, 0.15) is 30.1 Å². The van der Waals surface area contributed by atoms with Gasteiger partial charge in [-0.2, -0.15) is 0 Å². The van der Waals surface area contributed by atoms with Gasteiger partial charge < -0.3 is 0 Å². The van der Waals surface area contributed by atoms with Crippen LogP contribution < -0.4 is 0 Å². The van der Waals surface area contributed by atoms with Crippen molar-refractivity contribution in [1.82, 2.24) is 0 Å². The maximum Gasteiger partial charge on any atom is 0.179 e. The Labute approximate surface area is 117 Å². The maximum atomic E-state index is 11.9. The zero-order valence-electron chi connectivity index (χ0n) is 9.95. The standard InChI is InChI=1S/C12H14Cl2O3S/c1-2-3-6-18(16,17)8-12(15)10-7-9(13)4-5-11(10)14/h4-5,7H,2-3,6,8H2,1H3. The number of benzene rings is 1. The van der Waals surface area contributed by atoms with Gasteiger partial charge in [0.05, 0.1) is 10.8 Å². The average molecular weight is 309 g/mol. The molecule has 0 aromatic heterocycles. The van der Waals surface area contributed by atoms with Crippen LogP contribution in [0.2, 0.25) is 10.0 Å². The summed E-state index contributed by atoms with van der Waals surface area (Å²) in [5.74, 6) is -1.01. The molecule has 0 atom stereocenters. The Bertz CT molecular complexity index is 538. The highest BCUT2D eigenvalue weighted by Gasteiger charge is 2.19. The molecule has 1 rings (SSSR count). The number of Topliss-reactive ketones (excluding diaryl/α,β-unsaturated/α-hetero) is 1. The molecule has 0 radical (unpaired) electrons. The quantitative estimate of drug-likeness (QED) is 0.757. The molecule has 0 N–H and O–H groups in total. The van der Waals surface area contributed by atoms with Crippen LogP contribution >= 0.6 is 23.2 Å². The molecule has 1 aromatic rings. The fourth-order valence-electron chi connectivity index (χ4n) is 1.43. The summed E-state index contributed by atoms with van der Waals surface area (Å²) in [4.78, 5) is 11.9. The second-order valence-corrected chi connectivity index (χ2v) is 7.02. The van der Waals surface area contributed by atoms with E-state index in [-0.39, 0.29) is 16.3 Å². The number of carbonyl (C=O) groups excluding carboxylic acids is 1. The van der Waals surface area contributed by atoms with Gasteiger partial charge in [-0.25, -0.2) is 8.42 Å². The molecule has 0 amide bonds. The minimum atomic E-state index is -3.37. The highest BCUT2D eigenvalue weighted by Crippen LogP contribution is 2.21. The SMILES string of the molecule is CCCCS(=O)(=O)CC(=O)c1cc(Cl)ccc1Cl. The Morgan fingerprint density at radius 3 is 2.56 bits per heavy atom. The maximum absolute atomic E-state index is 11.9. The molecule has 0 aliphatic heterocycles. The van der Waals surface area contributed by atoms with Gasteiger partial charge in [-0.15, -0.1) is 0 Å². The molecule has 0 aliphatic carbocycles. The Hall–Kier alpha value is -0.580. The van der Waals surface area contributed by atoms with Crippen LogP contribution in [0.3, 0.4) is 0 Å². The summed E-state index contributed by atoms with van der Waals surface area (Å²) in [6.45, 7) is 1.89. The zero-order valence-corrected chi connectivity index (χ0v) is 12.3. The summed E-state index contributed by atoms with van der Waals surface area (Å²) < 4.78 is 23.3.